The van der Waals surface area contributed by atoms with E-state index in [0.717, 1.165) is 42.5 Å². The molecule has 0 radical (unpaired) electrons. The Kier molecular flexibility index (Phi) is 5.15. The molecule has 0 amide bonds. The van der Waals surface area contributed by atoms with Crippen LogP contribution in [0.3, 0.4) is 0 Å². The third-order valence-corrected chi connectivity index (χ3v) is 3.48. The summed E-state index contributed by atoms with van der Waals surface area (Å²) in [6.45, 7) is 2.99. The smallest absolute Gasteiger partial charge is 0.202 e. The first kappa shape index (κ1) is 13.8. The second-order valence-electron chi connectivity index (χ2n) is 4.29. The van der Waals surface area contributed by atoms with Crippen molar-refractivity contribution >= 4 is 16.7 Å². The summed E-state index contributed by atoms with van der Waals surface area (Å²) in [7, 11) is 1.69. The van der Waals surface area contributed by atoms with E-state index < -0.39 is 0 Å². The fourth-order valence-electron chi connectivity index (χ4n) is 1.79. The number of anilines is 1. The van der Waals surface area contributed by atoms with Crippen LogP contribution in [0.15, 0.2) is 24.3 Å². The van der Waals surface area contributed by atoms with E-state index in [1.165, 1.54) is 17.1 Å². The molecule has 0 spiro atoms. The van der Waals surface area contributed by atoms with Crippen LogP contribution in [0.5, 0.6) is 5.75 Å². The Bertz CT molecular complexity index is 513. The molecule has 5 heteroatoms. The maximum Gasteiger partial charge on any atom is 0.202 e. The number of ether oxygens (including phenoxy) is 1. The predicted octanol–water partition coefficient (Wildman–Crippen LogP) is 3.15. The van der Waals surface area contributed by atoms with Crippen molar-refractivity contribution in [1.29, 1.82) is 0 Å². The summed E-state index contributed by atoms with van der Waals surface area (Å²) in [6, 6.07) is 8.13. The minimum absolute atomic E-state index is 0.855. The molecule has 4 nitrogen and oxygen atoms in total. The maximum absolute atomic E-state index is 5.21. The zero-order valence-corrected chi connectivity index (χ0v) is 12.2. The molecule has 1 heterocycles. The molecule has 102 valence electrons. The standard InChI is InChI=1S/C14H19N3OS/c1-3-5-13-16-14(19-17-13)15-9-8-11-6-4-7-12(10-11)18-2/h4,6-7,10H,3,5,8-9H2,1-2H3,(H,15,16,17). The van der Waals surface area contributed by atoms with Gasteiger partial charge >= 0.3 is 0 Å². The van der Waals surface area contributed by atoms with E-state index in [9.17, 15) is 0 Å². The summed E-state index contributed by atoms with van der Waals surface area (Å²) in [5.41, 5.74) is 1.25. The average Bonchev–Trinajstić information content (AvgIpc) is 2.87. The molecule has 0 saturated carbocycles. The van der Waals surface area contributed by atoms with Crippen LogP contribution in [0.2, 0.25) is 0 Å². The van der Waals surface area contributed by atoms with Gasteiger partial charge in [0.05, 0.1) is 7.11 Å². The molecule has 0 aliphatic carbocycles. The van der Waals surface area contributed by atoms with Gasteiger partial charge in [-0.05, 0) is 30.5 Å². The lowest BCUT2D eigenvalue weighted by Gasteiger charge is -2.05. The van der Waals surface area contributed by atoms with E-state index in [1.807, 2.05) is 12.1 Å². The van der Waals surface area contributed by atoms with Crippen LogP contribution >= 0.6 is 11.5 Å². The Morgan fingerprint density at radius 1 is 1.32 bits per heavy atom. The fraction of sp³-hybridized carbons (Fsp3) is 0.429. The van der Waals surface area contributed by atoms with Crippen LogP contribution < -0.4 is 10.1 Å². The van der Waals surface area contributed by atoms with Gasteiger partial charge in [0.15, 0.2) is 0 Å². The minimum atomic E-state index is 0.855. The second kappa shape index (κ2) is 7.09. The Hall–Kier alpha value is -1.62. The van der Waals surface area contributed by atoms with Gasteiger partial charge in [0.2, 0.25) is 5.13 Å². The number of hydrogen-bond donors (Lipinski definition) is 1. The van der Waals surface area contributed by atoms with Crippen molar-refractivity contribution in [2.45, 2.75) is 26.2 Å². The molecule has 0 aliphatic rings. The largest absolute Gasteiger partial charge is 0.497 e. The lowest BCUT2D eigenvalue weighted by molar-refractivity contribution is 0.414. The molecule has 0 aliphatic heterocycles. The summed E-state index contributed by atoms with van der Waals surface area (Å²) in [5.74, 6) is 1.84. The molecule has 1 aromatic heterocycles. The Balaban J connectivity index is 1.81. The van der Waals surface area contributed by atoms with Crippen molar-refractivity contribution in [3.05, 3.63) is 35.7 Å². The van der Waals surface area contributed by atoms with Crippen molar-refractivity contribution in [2.24, 2.45) is 0 Å². The first-order valence-electron chi connectivity index (χ1n) is 6.51. The fourth-order valence-corrected chi connectivity index (χ4v) is 2.43. The van der Waals surface area contributed by atoms with E-state index >= 15 is 0 Å². The van der Waals surface area contributed by atoms with Gasteiger partial charge in [-0.2, -0.15) is 4.37 Å². The van der Waals surface area contributed by atoms with Gasteiger partial charge in [-0.1, -0.05) is 19.1 Å². The van der Waals surface area contributed by atoms with Crippen molar-refractivity contribution in [3.63, 3.8) is 0 Å². The highest BCUT2D eigenvalue weighted by molar-refractivity contribution is 7.09. The summed E-state index contributed by atoms with van der Waals surface area (Å²) in [6.07, 6.45) is 2.98. The minimum Gasteiger partial charge on any atom is -0.497 e. The number of aryl methyl sites for hydroxylation is 1. The van der Waals surface area contributed by atoms with Crippen molar-refractivity contribution in [3.8, 4) is 5.75 Å². The van der Waals surface area contributed by atoms with Crippen LogP contribution in [0.25, 0.3) is 0 Å². The van der Waals surface area contributed by atoms with Gasteiger partial charge in [0.1, 0.15) is 11.6 Å². The summed E-state index contributed by atoms with van der Waals surface area (Å²) in [5, 5.41) is 4.22. The number of hydrogen-bond acceptors (Lipinski definition) is 5. The highest BCUT2D eigenvalue weighted by atomic mass is 32.1. The summed E-state index contributed by atoms with van der Waals surface area (Å²) >= 11 is 1.44. The molecule has 1 N–H and O–H groups in total. The topological polar surface area (TPSA) is 47.0 Å². The molecule has 19 heavy (non-hydrogen) atoms. The molecule has 0 saturated heterocycles. The van der Waals surface area contributed by atoms with Crippen LogP contribution in [-0.4, -0.2) is 23.0 Å². The molecule has 0 bridgehead atoms. The molecule has 2 rings (SSSR count). The molecule has 0 fully saturated rings. The predicted molar refractivity (Wildman–Crippen MR) is 79.1 cm³/mol. The first-order valence-corrected chi connectivity index (χ1v) is 7.28. The lowest BCUT2D eigenvalue weighted by Crippen LogP contribution is -2.04. The third-order valence-electron chi connectivity index (χ3n) is 2.77. The number of nitrogens with zero attached hydrogens (tertiary/aromatic N) is 2. The van der Waals surface area contributed by atoms with Gasteiger partial charge in [-0.15, -0.1) is 0 Å². The van der Waals surface area contributed by atoms with E-state index in [0.29, 0.717) is 0 Å². The van der Waals surface area contributed by atoms with E-state index in [1.54, 1.807) is 7.11 Å². The van der Waals surface area contributed by atoms with E-state index in [4.69, 9.17) is 4.74 Å². The van der Waals surface area contributed by atoms with Gasteiger partial charge in [-0.3, -0.25) is 0 Å². The monoisotopic (exact) mass is 277 g/mol. The number of nitrogens with one attached hydrogen (secondary N) is 1. The zero-order valence-electron chi connectivity index (χ0n) is 11.3. The van der Waals surface area contributed by atoms with Crippen molar-refractivity contribution < 1.29 is 4.74 Å². The van der Waals surface area contributed by atoms with Crippen molar-refractivity contribution in [2.75, 3.05) is 19.0 Å². The third kappa shape index (κ3) is 4.21. The Morgan fingerprint density at radius 3 is 3.00 bits per heavy atom. The van der Waals surface area contributed by atoms with Gasteiger partial charge in [0, 0.05) is 24.5 Å². The molecule has 1 aromatic carbocycles. The van der Waals surface area contributed by atoms with Crippen LogP contribution in [0, 0.1) is 0 Å². The Morgan fingerprint density at radius 2 is 2.21 bits per heavy atom. The molecule has 0 unspecified atom stereocenters. The first-order chi connectivity index (χ1) is 9.31. The van der Waals surface area contributed by atoms with Crippen LogP contribution in [-0.2, 0) is 12.8 Å². The Labute approximate surface area is 118 Å². The number of methoxy groups -OCH3 is 1. The zero-order chi connectivity index (χ0) is 13.5. The number of rotatable bonds is 7. The molecular weight excluding hydrogens is 258 g/mol. The number of aromatic nitrogens is 2. The van der Waals surface area contributed by atoms with E-state index in [-0.39, 0.29) is 0 Å². The highest BCUT2D eigenvalue weighted by Gasteiger charge is 2.02. The summed E-state index contributed by atoms with van der Waals surface area (Å²) in [4.78, 5) is 4.44. The van der Waals surface area contributed by atoms with Gasteiger partial charge < -0.3 is 10.1 Å². The maximum atomic E-state index is 5.21. The second-order valence-corrected chi connectivity index (χ2v) is 5.05. The van der Waals surface area contributed by atoms with Crippen LogP contribution in [0.1, 0.15) is 24.7 Å². The number of benzene rings is 1. The SMILES string of the molecule is CCCc1nsc(NCCc2cccc(OC)c2)n1. The van der Waals surface area contributed by atoms with Gasteiger partial charge in [-0.25, -0.2) is 4.98 Å². The van der Waals surface area contributed by atoms with Gasteiger partial charge in [0.25, 0.3) is 0 Å². The highest BCUT2D eigenvalue weighted by Crippen LogP contribution is 2.14. The molecule has 0 atom stereocenters. The normalized spacial score (nSPS) is 10.4. The average molecular weight is 277 g/mol. The lowest BCUT2D eigenvalue weighted by atomic mass is 10.1. The van der Waals surface area contributed by atoms with Crippen molar-refractivity contribution in [1.82, 2.24) is 9.36 Å². The molecular formula is C14H19N3OS. The molecule has 2 aromatic rings. The van der Waals surface area contributed by atoms with E-state index in [2.05, 4.69) is 33.7 Å². The van der Waals surface area contributed by atoms with Crippen LogP contribution in [0.4, 0.5) is 5.13 Å². The summed E-state index contributed by atoms with van der Waals surface area (Å²) < 4.78 is 9.52. The quantitative estimate of drug-likeness (QED) is 0.844.